The SMILES string of the molecule is COC(=O)COC1CCN(Cc2cc(Oc3cnc(N4CCn5cncc5C4)nc3)nc(-c3cc(Cl)cc(Cl)c3)c2)CC1. The van der Waals surface area contributed by atoms with E-state index in [4.69, 9.17) is 37.7 Å². The fourth-order valence-corrected chi connectivity index (χ4v) is 5.82. The zero-order valence-corrected chi connectivity index (χ0v) is 25.2. The molecule has 0 unspecified atom stereocenters. The molecule has 3 aromatic heterocycles. The van der Waals surface area contributed by atoms with Crippen LogP contribution in [0.15, 0.2) is 55.2 Å². The van der Waals surface area contributed by atoms with Gasteiger partial charge in [0.25, 0.3) is 0 Å². The van der Waals surface area contributed by atoms with E-state index in [-0.39, 0.29) is 18.7 Å². The number of benzene rings is 1. The molecular weight excluding hydrogens is 593 g/mol. The molecule has 224 valence electrons. The van der Waals surface area contributed by atoms with E-state index in [0.29, 0.717) is 46.4 Å². The van der Waals surface area contributed by atoms with Gasteiger partial charge < -0.3 is 23.7 Å². The van der Waals surface area contributed by atoms with Gasteiger partial charge in [-0.2, -0.15) is 0 Å². The number of hydrogen-bond donors (Lipinski definition) is 0. The number of ether oxygens (including phenoxy) is 3. The van der Waals surface area contributed by atoms with Crippen LogP contribution in [0.3, 0.4) is 0 Å². The first-order chi connectivity index (χ1) is 20.9. The van der Waals surface area contributed by atoms with Crippen LogP contribution < -0.4 is 9.64 Å². The van der Waals surface area contributed by atoms with Crippen molar-refractivity contribution in [1.82, 2.24) is 29.4 Å². The summed E-state index contributed by atoms with van der Waals surface area (Å²) < 4.78 is 18.7. The Kier molecular flexibility index (Phi) is 9.03. The standard InChI is InChI=1S/C30H31Cl2N7O4/c1-41-29(40)18-42-25-2-4-37(5-3-25)16-20-8-27(21-10-22(31)12-23(32)11-21)36-28(9-20)43-26-14-34-30(35-15-26)38-6-7-39-19-33-13-24(39)17-38/h8-15,19,25H,2-7,16-18H2,1H3. The molecule has 1 saturated heterocycles. The Morgan fingerprint density at radius 1 is 0.977 bits per heavy atom. The number of imidazole rings is 1. The van der Waals surface area contributed by atoms with Gasteiger partial charge in [-0.05, 0) is 42.7 Å². The molecule has 11 nitrogen and oxygen atoms in total. The smallest absolute Gasteiger partial charge is 0.331 e. The van der Waals surface area contributed by atoms with E-state index in [9.17, 15) is 4.79 Å². The summed E-state index contributed by atoms with van der Waals surface area (Å²) in [5.74, 6) is 1.17. The largest absolute Gasteiger partial charge is 0.467 e. The molecule has 43 heavy (non-hydrogen) atoms. The second kappa shape index (κ2) is 13.3. The maximum Gasteiger partial charge on any atom is 0.331 e. The second-order valence-corrected chi connectivity index (χ2v) is 11.4. The number of halogens is 2. The fraction of sp³-hybridized carbons (Fsp3) is 0.367. The number of nitrogens with zero attached hydrogens (tertiary/aromatic N) is 7. The molecule has 2 aliphatic rings. The average Bonchev–Trinajstić information content (AvgIpc) is 3.48. The third kappa shape index (κ3) is 7.42. The third-order valence-corrected chi connectivity index (χ3v) is 7.94. The number of methoxy groups -OCH3 is 1. The molecule has 2 aliphatic heterocycles. The fourth-order valence-electron chi connectivity index (χ4n) is 5.29. The van der Waals surface area contributed by atoms with Gasteiger partial charge in [0.1, 0.15) is 6.61 Å². The van der Waals surface area contributed by atoms with Gasteiger partial charge in [-0.15, -0.1) is 0 Å². The van der Waals surface area contributed by atoms with E-state index < -0.39 is 0 Å². The monoisotopic (exact) mass is 623 g/mol. The predicted molar refractivity (Wildman–Crippen MR) is 161 cm³/mol. The van der Waals surface area contributed by atoms with Crippen LogP contribution in [0.4, 0.5) is 5.95 Å². The first-order valence-electron chi connectivity index (χ1n) is 14.0. The summed E-state index contributed by atoms with van der Waals surface area (Å²) in [7, 11) is 1.36. The molecule has 6 rings (SSSR count). The zero-order chi connectivity index (χ0) is 29.8. The van der Waals surface area contributed by atoms with Crippen LogP contribution in [0.5, 0.6) is 11.6 Å². The van der Waals surface area contributed by atoms with Crippen LogP contribution in [0, 0.1) is 0 Å². The van der Waals surface area contributed by atoms with Crippen molar-refractivity contribution in [1.29, 1.82) is 0 Å². The highest BCUT2D eigenvalue weighted by atomic mass is 35.5. The molecule has 5 heterocycles. The number of esters is 1. The Labute approximate surface area is 259 Å². The summed E-state index contributed by atoms with van der Waals surface area (Å²) in [5, 5.41) is 1.05. The quantitative estimate of drug-likeness (QED) is 0.236. The zero-order valence-electron chi connectivity index (χ0n) is 23.7. The number of carbonyl (C=O) groups is 1. The summed E-state index contributed by atoms with van der Waals surface area (Å²) in [6, 6.07) is 9.30. The molecule has 0 aliphatic carbocycles. The number of carbonyl (C=O) groups excluding carboxylic acids is 1. The maximum absolute atomic E-state index is 11.4. The third-order valence-electron chi connectivity index (χ3n) is 7.51. The number of fused-ring (bicyclic) bond motifs is 1. The van der Waals surface area contributed by atoms with Crippen molar-refractivity contribution in [2.45, 2.75) is 38.6 Å². The van der Waals surface area contributed by atoms with E-state index >= 15 is 0 Å². The molecule has 0 bridgehead atoms. The van der Waals surface area contributed by atoms with E-state index in [2.05, 4.69) is 34.1 Å². The van der Waals surface area contributed by atoms with Crippen molar-refractivity contribution >= 4 is 35.1 Å². The Hall–Kier alpha value is -3.77. The van der Waals surface area contributed by atoms with Crippen LogP contribution >= 0.6 is 23.2 Å². The summed E-state index contributed by atoms with van der Waals surface area (Å²) in [4.78, 5) is 34.0. The van der Waals surface area contributed by atoms with E-state index in [0.717, 1.165) is 55.8 Å². The van der Waals surface area contributed by atoms with Crippen LogP contribution in [-0.4, -0.2) is 74.8 Å². The van der Waals surface area contributed by atoms with Crippen LogP contribution in [-0.2, 0) is 33.9 Å². The number of aromatic nitrogens is 5. The summed E-state index contributed by atoms with van der Waals surface area (Å²) in [6.45, 7) is 4.65. The molecule has 1 aromatic carbocycles. The molecule has 0 amide bonds. The first-order valence-corrected chi connectivity index (χ1v) is 14.8. The minimum absolute atomic E-state index is 0.0217. The van der Waals surface area contributed by atoms with Crippen LogP contribution in [0.25, 0.3) is 11.3 Å². The Morgan fingerprint density at radius 3 is 2.49 bits per heavy atom. The lowest BCUT2D eigenvalue weighted by Crippen LogP contribution is -2.37. The number of anilines is 1. The summed E-state index contributed by atoms with van der Waals surface area (Å²) in [5.41, 5.74) is 3.63. The van der Waals surface area contributed by atoms with Crippen LogP contribution in [0.2, 0.25) is 10.0 Å². The lowest BCUT2D eigenvalue weighted by Gasteiger charge is -2.31. The van der Waals surface area contributed by atoms with Gasteiger partial charge >= 0.3 is 5.97 Å². The highest BCUT2D eigenvalue weighted by Gasteiger charge is 2.22. The van der Waals surface area contributed by atoms with Gasteiger partial charge in [-0.25, -0.2) is 24.7 Å². The normalized spacial score (nSPS) is 15.7. The first kappa shape index (κ1) is 29.3. The number of piperidine rings is 1. The molecule has 13 heteroatoms. The van der Waals surface area contributed by atoms with E-state index in [1.165, 1.54) is 7.11 Å². The Bertz CT molecular complexity index is 1550. The molecule has 4 aromatic rings. The molecule has 1 fully saturated rings. The highest BCUT2D eigenvalue weighted by Crippen LogP contribution is 2.31. The lowest BCUT2D eigenvalue weighted by atomic mass is 10.1. The predicted octanol–water partition coefficient (Wildman–Crippen LogP) is 5.01. The summed E-state index contributed by atoms with van der Waals surface area (Å²) >= 11 is 12.6. The summed E-state index contributed by atoms with van der Waals surface area (Å²) in [6.07, 6.45) is 8.73. The van der Waals surface area contributed by atoms with Gasteiger partial charge in [0, 0.05) is 60.6 Å². The minimum Gasteiger partial charge on any atom is -0.467 e. The second-order valence-electron chi connectivity index (χ2n) is 10.5. The highest BCUT2D eigenvalue weighted by molar-refractivity contribution is 6.35. The number of rotatable bonds is 9. The van der Waals surface area contributed by atoms with Crippen molar-refractivity contribution in [2.24, 2.45) is 0 Å². The molecule has 0 atom stereocenters. The van der Waals surface area contributed by atoms with Crippen molar-refractivity contribution in [3.63, 3.8) is 0 Å². The molecule has 0 N–H and O–H groups in total. The van der Waals surface area contributed by atoms with Crippen molar-refractivity contribution < 1.29 is 19.0 Å². The van der Waals surface area contributed by atoms with Crippen molar-refractivity contribution in [3.8, 4) is 22.9 Å². The number of hydrogen-bond acceptors (Lipinski definition) is 10. The average molecular weight is 625 g/mol. The topological polar surface area (TPSA) is 108 Å². The Balaban J connectivity index is 1.17. The molecular formula is C30H31Cl2N7O4. The van der Waals surface area contributed by atoms with Crippen molar-refractivity contribution in [2.75, 3.05) is 38.3 Å². The van der Waals surface area contributed by atoms with Crippen LogP contribution in [0.1, 0.15) is 24.1 Å². The number of likely N-dealkylation sites (tertiary alicyclic amines) is 1. The molecule has 0 spiro atoms. The maximum atomic E-state index is 11.4. The van der Waals surface area contributed by atoms with Gasteiger partial charge in [0.05, 0.1) is 49.9 Å². The molecule has 0 radical (unpaired) electrons. The number of pyridine rings is 1. The van der Waals surface area contributed by atoms with E-state index in [1.54, 1.807) is 18.5 Å². The van der Waals surface area contributed by atoms with Gasteiger partial charge in [-0.3, -0.25) is 4.90 Å². The molecule has 0 saturated carbocycles. The minimum atomic E-state index is -0.361. The lowest BCUT2D eigenvalue weighted by molar-refractivity contribution is -0.149. The Morgan fingerprint density at radius 2 is 1.74 bits per heavy atom. The van der Waals surface area contributed by atoms with E-state index in [1.807, 2.05) is 36.8 Å². The van der Waals surface area contributed by atoms with Gasteiger partial charge in [0.2, 0.25) is 11.8 Å². The van der Waals surface area contributed by atoms with Gasteiger partial charge in [0.15, 0.2) is 5.75 Å². The van der Waals surface area contributed by atoms with Crippen molar-refractivity contribution in [3.05, 3.63) is 76.6 Å². The van der Waals surface area contributed by atoms with Gasteiger partial charge in [-0.1, -0.05) is 23.2 Å².